The van der Waals surface area contributed by atoms with E-state index in [1.807, 2.05) is 43.3 Å². The minimum Gasteiger partial charge on any atom is -0.368 e. The third-order valence-corrected chi connectivity index (χ3v) is 4.52. The second-order valence-electron chi connectivity index (χ2n) is 4.76. The van der Waals surface area contributed by atoms with Gasteiger partial charge in [-0.1, -0.05) is 18.2 Å². The third-order valence-electron chi connectivity index (χ3n) is 3.27. The molecule has 1 amide bonds. The van der Waals surface area contributed by atoms with Gasteiger partial charge in [-0.3, -0.25) is 4.79 Å². The SMILES string of the molecule is Cc1cc(Br)c(NC2C(=O)Nc3ccccc32)c(Br)c1. The number of hydrogen-bond acceptors (Lipinski definition) is 2. The van der Waals surface area contributed by atoms with Gasteiger partial charge in [0.05, 0.1) is 5.69 Å². The third kappa shape index (κ3) is 2.36. The van der Waals surface area contributed by atoms with Crippen molar-refractivity contribution in [1.82, 2.24) is 0 Å². The zero-order chi connectivity index (χ0) is 14.3. The molecule has 1 aliphatic heterocycles. The first-order chi connectivity index (χ1) is 9.56. The van der Waals surface area contributed by atoms with Crippen molar-refractivity contribution >= 4 is 49.1 Å². The lowest BCUT2D eigenvalue weighted by Crippen LogP contribution is -2.20. The number of fused-ring (bicyclic) bond motifs is 1. The van der Waals surface area contributed by atoms with Gasteiger partial charge in [-0.05, 0) is 62.5 Å². The van der Waals surface area contributed by atoms with Gasteiger partial charge in [0.15, 0.2) is 0 Å². The molecule has 20 heavy (non-hydrogen) atoms. The van der Waals surface area contributed by atoms with Gasteiger partial charge in [0, 0.05) is 20.2 Å². The first-order valence-electron chi connectivity index (χ1n) is 6.18. The van der Waals surface area contributed by atoms with Gasteiger partial charge in [0.2, 0.25) is 0 Å². The Morgan fingerprint density at radius 3 is 2.50 bits per heavy atom. The van der Waals surface area contributed by atoms with E-state index in [1.54, 1.807) is 0 Å². The van der Waals surface area contributed by atoms with E-state index in [-0.39, 0.29) is 11.9 Å². The van der Waals surface area contributed by atoms with Gasteiger partial charge in [-0.25, -0.2) is 0 Å². The predicted octanol–water partition coefficient (Wildman–Crippen LogP) is 4.63. The summed E-state index contributed by atoms with van der Waals surface area (Å²) in [5.74, 6) is -0.0365. The maximum Gasteiger partial charge on any atom is 0.251 e. The van der Waals surface area contributed by atoms with Crippen LogP contribution in [-0.4, -0.2) is 5.91 Å². The van der Waals surface area contributed by atoms with E-state index in [0.717, 1.165) is 31.4 Å². The molecule has 1 unspecified atom stereocenters. The number of carbonyl (C=O) groups is 1. The molecule has 2 aromatic carbocycles. The Bertz CT molecular complexity index is 677. The molecule has 5 heteroatoms. The van der Waals surface area contributed by atoms with Gasteiger partial charge in [0.1, 0.15) is 6.04 Å². The van der Waals surface area contributed by atoms with Crippen molar-refractivity contribution in [1.29, 1.82) is 0 Å². The van der Waals surface area contributed by atoms with Crippen LogP contribution < -0.4 is 10.6 Å². The Kier molecular flexibility index (Phi) is 3.56. The largest absolute Gasteiger partial charge is 0.368 e. The molecule has 0 saturated carbocycles. The molecule has 0 fully saturated rings. The Morgan fingerprint density at radius 1 is 1.15 bits per heavy atom. The lowest BCUT2D eigenvalue weighted by Gasteiger charge is -2.16. The minimum atomic E-state index is -0.374. The van der Waals surface area contributed by atoms with E-state index in [9.17, 15) is 4.79 Å². The van der Waals surface area contributed by atoms with Gasteiger partial charge in [0.25, 0.3) is 5.91 Å². The van der Waals surface area contributed by atoms with Gasteiger partial charge in [-0.15, -0.1) is 0 Å². The summed E-state index contributed by atoms with van der Waals surface area (Å²) in [5, 5.41) is 6.19. The molecular weight excluding hydrogens is 384 g/mol. The highest BCUT2D eigenvalue weighted by Gasteiger charge is 2.30. The molecule has 102 valence electrons. The molecule has 3 nitrogen and oxygen atoms in total. The van der Waals surface area contributed by atoms with Crippen LogP contribution in [-0.2, 0) is 4.79 Å². The topological polar surface area (TPSA) is 41.1 Å². The fourth-order valence-electron chi connectivity index (χ4n) is 2.33. The second-order valence-corrected chi connectivity index (χ2v) is 6.47. The number of benzene rings is 2. The van der Waals surface area contributed by atoms with Crippen molar-refractivity contribution in [2.24, 2.45) is 0 Å². The van der Waals surface area contributed by atoms with Crippen LogP contribution in [0.5, 0.6) is 0 Å². The number of carbonyl (C=O) groups excluding carboxylic acids is 1. The number of para-hydroxylation sites is 1. The molecule has 2 aromatic rings. The number of aryl methyl sites for hydroxylation is 1. The summed E-state index contributed by atoms with van der Waals surface area (Å²) in [7, 11) is 0. The standard InChI is InChI=1S/C15H12Br2N2O/c1-8-6-10(16)14(11(17)7-8)19-13-9-4-2-3-5-12(9)18-15(13)20/h2-7,13,19H,1H3,(H,18,20). The van der Waals surface area contributed by atoms with E-state index >= 15 is 0 Å². The smallest absolute Gasteiger partial charge is 0.251 e. The first kappa shape index (κ1) is 13.6. The van der Waals surface area contributed by atoms with Crippen LogP contribution in [0.25, 0.3) is 0 Å². The highest BCUT2D eigenvalue weighted by atomic mass is 79.9. The maximum absolute atomic E-state index is 12.1. The number of amides is 1. The van der Waals surface area contributed by atoms with Crippen LogP contribution in [0.4, 0.5) is 11.4 Å². The monoisotopic (exact) mass is 394 g/mol. The summed E-state index contributed by atoms with van der Waals surface area (Å²) in [6.45, 7) is 2.02. The molecule has 0 radical (unpaired) electrons. The van der Waals surface area contributed by atoms with E-state index in [0.29, 0.717) is 0 Å². The Hall–Kier alpha value is -1.33. The van der Waals surface area contributed by atoms with Gasteiger partial charge < -0.3 is 10.6 Å². The summed E-state index contributed by atoms with van der Waals surface area (Å²) >= 11 is 7.08. The Morgan fingerprint density at radius 2 is 1.80 bits per heavy atom. The minimum absolute atomic E-state index is 0.0365. The number of nitrogens with one attached hydrogen (secondary N) is 2. The molecule has 0 aromatic heterocycles. The van der Waals surface area contributed by atoms with Crippen molar-refractivity contribution in [3.8, 4) is 0 Å². The van der Waals surface area contributed by atoms with Crippen LogP contribution in [0, 0.1) is 6.92 Å². The molecule has 2 N–H and O–H groups in total. The van der Waals surface area contributed by atoms with E-state index in [4.69, 9.17) is 0 Å². The van der Waals surface area contributed by atoms with E-state index < -0.39 is 0 Å². The van der Waals surface area contributed by atoms with Crippen molar-refractivity contribution < 1.29 is 4.79 Å². The first-order valence-corrected chi connectivity index (χ1v) is 7.77. The summed E-state index contributed by atoms with van der Waals surface area (Å²) in [6.07, 6.45) is 0. The Balaban J connectivity index is 1.98. The Labute approximate surface area is 134 Å². The van der Waals surface area contributed by atoms with Crippen molar-refractivity contribution in [3.63, 3.8) is 0 Å². The number of anilines is 2. The molecule has 3 rings (SSSR count). The zero-order valence-electron chi connectivity index (χ0n) is 10.7. The predicted molar refractivity (Wildman–Crippen MR) is 88.0 cm³/mol. The fourth-order valence-corrected chi connectivity index (χ4v) is 3.98. The van der Waals surface area contributed by atoms with Crippen LogP contribution in [0.1, 0.15) is 17.2 Å². The van der Waals surface area contributed by atoms with Crippen LogP contribution in [0.3, 0.4) is 0 Å². The molecule has 1 atom stereocenters. The molecule has 1 heterocycles. The summed E-state index contributed by atoms with van der Waals surface area (Å²) in [6, 6.07) is 11.4. The highest BCUT2D eigenvalue weighted by Crippen LogP contribution is 2.38. The number of hydrogen-bond donors (Lipinski definition) is 2. The van der Waals surface area contributed by atoms with E-state index in [2.05, 4.69) is 42.5 Å². The quantitative estimate of drug-likeness (QED) is 0.778. The summed E-state index contributed by atoms with van der Waals surface area (Å²) < 4.78 is 1.86. The molecule has 0 bridgehead atoms. The van der Waals surface area contributed by atoms with Crippen LogP contribution in [0.15, 0.2) is 45.3 Å². The maximum atomic E-state index is 12.1. The second kappa shape index (κ2) is 5.22. The van der Waals surface area contributed by atoms with E-state index in [1.165, 1.54) is 0 Å². The van der Waals surface area contributed by atoms with Crippen molar-refractivity contribution in [2.75, 3.05) is 10.6 Å². The zero-order valence-corrected chi connectivity index (χ0v) is 13.9. The van der Waals surface area contributed by atoms with Crippen molar-refractivity contribution in [3.05, 3.63) is 56.5 Å². The summed E-state index contributed by atoms with van der Waals surface area (Å²) in [5.41, 5.74) is 3.87. The fraction of sp³-hybridized carbons (Fsp3) is 0.133. The number of rotatable bonds is 2. The molecule has 0 spiro atoms. The number of halogens is 2. The lowest BCUT2D eigenvalue weighted by molar-refractivity contribution is -0.116. The average Bonchev–Trinajstić information content (AvgIpc) is 2.69. The molecule has 1 aliphatic rings. The molecular formula is C15H12Br2N2O. The van der Waals surface area contributed by atoms with Gasteiger partial charge in [-0.2, -0.15) is 0 Å². The molecule has 0 saturated heterocycles. The van der Waals surface area contributed by atoms with Crippen molar-refractivity contribution in [2.45, 2.75) is 13.0 Å². The highest BCUT2D eigenvalue weighted by molar-refractivity contribution is 9.11. The molecule has 0 aliphatic carbocycles. The van der Waals surface area contributed by atoms with Crippen LogP contribution >= 0.6 is 31.9 Å². The normalized spacial score (nSPS) is 16.8. The van der Waals surface area contributed by atoms with Gasteiger partial charge >= 0.3 is 0 Å². The lowest BCUT2D eigenvalue weighted by atomic mass is 10.1. The summed E-state index contributed by atoms with van der Waals surface area (Å²) in [4.78, 5) is 12.1. The van der Waals surface area contributed by atoms with Crippen LogP contribution in [0.2, 0.25) is 0 Å². The average molecular weight is 396 g/mol.